The number of piperidine rings is 1. The summed E-state index contributed by atoms with van der Waals surface area (Å²) in [4.78, 5) is 38.9. The van der Waals surface area contributed by atoms with E-state index < -0.39 is 5.41 Å². The van der Waals surface area contributed by atoms with E-state index in [4.69, 9.17) is 0 Å². The van der Waals surface area contributed by atoms with Crippen LogP contribution in [-0.4, -0.2) is 35.7 Å². The molecule has 0 bridgehead atoms. The lowest BCUT2D eigenvalue weighted by molar-refractivity contribution is -0.133. The zero-order valence-corrected chi connectivity index (χ0v) is 17.2. The standard InChI is InChI=1S/C24H27N3O3/c1-17(28)27-15-13-24(14-16-27,19-5-3-2-4-6-19)23(30)26-21-11-9-20(10-12-21)25-22(29)18-7-8-18/h2-6,9-12,18H,7-8,13-16H2,1H3,(H,25,29)(H,26,30). The first-order valence-corrected chi connectivity index (χ1v) is 10.5. The third-order valence-electron chi connectivity index (χ3n) is 6.18. The number of likely N-dealkylation sites (tertiary alicyclic amines) is 1. The molecule has 156 valence electrons. The van der Waals surface area contributed by atoms with E-state index in [9.17, 15) is 14.4 Å². The molecule has 3 amide bonds. The van der Waals surface area contributed by atoms with Gasteiger partial charge < -0.3 is 15.5 Å². The highest BCUT2D eigenvalue weighted by atomic mass is 16.2. The van der Waals surface area contributed by atoms with Crippen LogP contribution in [0.5, 0.6) is 0 Å². The fourth-order valence-electron chi connectivity index (χ4n) is 4.08. The maximum Gasteiger partial charge on any atom is 0.235 e. The third kappa shape index (κ3) is 4.22. The van der Waals surface area contributed by atoms with Crippen molar-refractivity contribution >= 4 is 29.1 Å². The van der Waals surface area contributed by atoms with Gasteiger partial charge in [-0.15, -0.1) is 0 Å². The topological polar surface area (TPSA) is 78.5 Å². The summed E-state index contributed by atoms with van der Waals surface area (Å²) < 4.78 is 0. The van der Waals surface area contributed by atoms with Crippen molar-refractivity contribution in [3.05, 3.63) is 60.2 Å². The number of rotatable bonds is 5. The van der Waals surface area contributed by atoms with Crippen molar-refractivity contribution in [2.75, 3.05) is 23.7 Å². The smallest absolute Gasteiger partial charge is 0.235 e. The number of nitrogens with zero attached hydrogens (tertiary/aromatic N) is 1. The molecule has 1 saturated heterocycles. The van der Waals surface area contributed by atoms with Gasteiger partial charge in [-0.1, -0.05) is 30.3 Å². The molecule has 0 atom stereocenters. The van der Waals surface area contributed by atoms with E-state index in [1.165, 1.54) is 0 Å². The van der Waals surface area contributed by atoms with Crippen molar-refractivity contribution < 1.29 is 14.4 Å². The molecule has 2 N–H and O–H groups in total. The lowest BCUT2D eigenvalue weighted by Crippen LogP contribution is -2.50. The number of carbonyl (C=O) groups excluding carboxylic acids is 3. The van der Waals surface area contributed by atoms with E-state index in [-0.39, 0.29) is 23.6 Å². The summed E-state index contributed by atoms with van der Waals surface area (Å²) >= 11 is 0. The highest BCUT2D eigenvalue weighted by Gasteiger charge is 2.43. The van der Waals surface area contributed by atoms with Crippen molar-refractivity contribution in [2.24, 2.45) is 5.92 Å². The number of nitrogens with one attached hydrogen (secondary N) is 2. The van der Waals surface area contributed by atoms with Crippen LogP contribution in [0, 0.1) is 5.92 Å². The van der Waals surface area contributed by atoms with Gasteiger partial charge in [0.15, 0.2) is 0 Å². The number of hydrogen-bond acceptors (Lipinski definition) is 3. The molecule has 2 aliphatic rings. The second-order valence-electron chi connectivity index (χ2n) is 8.25. The van der Waals surface area contributed by atoms with Gasteiger partial charge in [0, 0.05) is 37.3 Å². The van der Waals surface area contributed by atoms with Crippen molar-refractivity contribution in [3.8, 4) is 0 Å². The van der Waals surface area contributed by atoms with Crippen LogP contribution in [0.4, 0.5) is 11.4 Å². The Morgan fingerprint density at radius 2 is 1.43 bits per heavy atom. The molecule has 1 heterocycles. The first-order chi connectivity index (χ1) is 14.5. The Kier molecular flexibility index (Phi) is 5.57. The molecule has 0 unspecified atom stereocenters. The largest absolute Gasteiger partial charge is 0.343 e. The van der Waals surface area contributed by atoms with Gasteiger partial charge in [-0.2, -0.15) is 0 Å². The highest BCUT2D eigenvalue weighted by Crippen LogP contribution is 2.37. The van der Waals surface area contributed by atoms with Gasteiger partial charge in [0.1, 0.15) is 0 Å². The molecule has 4 rings (SSSR count). The average molecular weight is 405 g/mol. The van der Waals surface area contributed by atoms with Gasteiger partial charge in [-0.25, -0.2) is 0 Å². The second-order valence-corrected chi connectivity index (χ2v) is 8.25. The Hall–Kier alpha value is -3.15. The van der Waals surface area contributed by atoms with Crippen LogP contribution < -0.4 is 10.6 Å². The van der Waals surface area contributed by atoms with Crippen LogP contribution in [-0.2, 0) is 19.8 Å². The van der Waals surface area contributed by atoms with Crippen LogP contribution in [0.2, 0.25) is 0 Å². The number of carbonyl (C=O) groups is 3. The molecular weight excluding hydrogens is 378 g/mol. The molecule has 1 aliphatic heterocycles. The SMILES string of the molecule is CC(=O)N1CCC(C(=O)Nc2ccc(NC(=O)C3CC3)cc2)(c2ccccc2)CC1. The van der Waals surface area contributed by atoms with E-state index in [0.29, 0.717) is 31.6 Å². The van der Waals surface area contributed by atoms with Gasteiger partial charge >= 0.3 is 0 Å². The van der Waals surface area contributed by atoms with Gasteiger partial charge in [0.25, 0.3) is 0 Å². The Morgan fingerprint density at radius 1 is 0.867 bits per heavy atom. The normalized spacial score (nSPS) is 17.8. The molecule has 6 nitrogen and oxygen atoms in total. The minimum absolute atomic E-state index is 0.0425. The maximum absolute atomic E-state index is 13.4. The van der Waals surface area contributed by atoms with Gasteiger partial charge in [0.2, 0.25) is 17.7 Å². The van der Waals surface area contributed by atoms with Crippen molar-refractivity contribution in [2.45, 2.75) is 38.0 Å². The molecule has 2 aromatic rings. The zero-order chi connectivity index (χ0) is 21.1. The minimum atomic E-state index is -0.675. The first kappa shape index (κ1) is 20.1. The van der Waals surface area contributed by atoms with E-state index >= 15 is 0 Å². The molecule has 0 spiro atoms. The number of amides is 3. The van der Waals surface area contributed by atoms with Crippen LogP contribution >= 0.6 is 0 Å². The average Bonchev–Trinajstić information content (AvgIpc) is 3.61. The molecule has 30 heavy (non-hydrogen) atoms. The molecule has 2 fully saturated rings. The van der Waals surface area contributed by atoms with E-state index in [1.807, 2.05) is 54.6 Å². The number of hydrogen-bond donors (Lipinski definition) is 2. The minimum Gasteiger partial charge on any atom is -0.343 e. The number of anilines is 2. The Balaban J connectivity index is 1.49. The summed E-state index contributed by atoms with van der Waals surface area (Å²) in [6.07, 6.45) is 3.08. The lowest BCUT2D eigenvalue weighted by Gasteiger charge is -2.40. The molecule has 0 aromatic heterocycles. The summed E-state index contributed by atoms with van der Waals surface area (Å²) in [6.45, 7) is 2.69. The monoisotopic (exact) mass is 405 g/mol. The van der Waals surface area contributed by atoms with Crippen LogP contribution in [0.25, 0.3) is 0 Å². The van der Waals surface area contributed by atoms with Crippen LogP contribution in [0.15, 0.2) is 54.6 Å². The molecule has 2 aromatic carbocycles. The number of benzene rings is 2. The summed E-state index contributed by atoms with van der Waals surface area (Å²) in [5, 5.41) is 5.96. The summed E-state index contributed by atoms with van der Waals surface area (Å²) in [5.74, 6) is 0.190. The molecule has 1 saturated carbocycles. The highest BCUT2D eigenvalue weighted by molar-refractivity contribution is 6.00. The van der Waals surface area contributed by atoms with Crippen molar-refractivity contribution in [1.29, 1.82) is 0 Å². The van der Waals surface area contributed by atoms with E-state index in [1.54, 1.807) is 11.8 Å². The molecule has 1 aliphatic carbocycles. The van der Waals surface area contributed by atoms with Gasteiger partial charge in [-0.3, -0.25) is 14.4 Å². The fraction of sp³-hybridized carbons (Fsp3) is 0.375. The predicted molar refractivity (Wildman–Crippen MR) is 116 cm³/mol. The van der Waals surface area contributed by atoms with Crippen molar-refractivity contribution in [3.63, 3.8) is 0 Å². The molecule has 0 radical (unpaired) electrons. The quantitative estimate of drug-likeness (QED) is 0.798. The fourth-order valence-corrected chi connectivity index (χ4v) is 4.08. The Labute approximate surface area is 176 Å². The molecular formula is C24H27N3O3. The second kappa shape index (κ2) is 8.30. The van der Waals surface area contributed by atoms with Gasteiger partial charge in [0.05, 0.1) is 5.41 Å². The third-order valence-corrected chi connectivity index (χ3v) is 6.18. The zero-order valence-electron chi connectivity index (χ0n) is 17.2. The summed E-state index contributed by atoms with van der Waals surface area (Å²) in [6, 6.07) is 17.0. The van der Waals surface area contributed by atoms with Crippen LogP contribution in [0.3, 0.4) is 0 Å². The van der Waals surface area contributed by atoms with E-state index in [2.05, 4.69) is 10.6 Å². The summed E-state index contributed by atoms with van der Waals surface area (Å²) in [5.41, 5.74) is 1.72. The predicted octanol–water partition coefficient (Wildman–Crippen LogP) is 3.55. The van der Waals surface area contributed by atoms with E-state index in [0.717, 1.165) is 24.1 Å². The Morgan fingerprint density at radius 3 is 1.97 bits per heavy atom. The Bertz CT molecular complexity index is 928. The van der Waals surface area contributed by atoms with Crippen LogP contribution in [0.1, 0.15) is 38.2 Å². The molecule has 6 heteroatoms. The van der Waals surface area contributed by atoms with Gasteiger partial charge in [-0.05, 0) is 55.5 Å². The van der Waals surface area contributed by atoms with Crippen molar-refractivity contribution in [1.82, 2.24) is 4.90 Å². The maximum atomic E-state index is 13.4. The lowest BCUT2D eigenvalue weighted by atomic mass is 9.72. The summed E-state index contributed by atoms with van der Waals surface area (Å²) in [7, 11) is 0. The first-order valence-electron chi connectivity index (χ1n) is 10.5.